The van der Waals surface area contributed by atoms with Gasteiger partial charge in [-0.05, 0) is 25.1 Å². The fourth-order valence-electron chi connectivity index (χ4n) is 1.24. The molecule has 4 nitrogen and oxygen atoms in total. The predicted molar refractivity (Wildman–Crippen MR) is 51.0 cm³/mol. The Balaban J connectivity index is 2.47. The maximum atomic E-state index is 11.4. The normalized spacial score (nSPS) is 10.4. The summed E-state index contributed by atoms with van der Waals surface area (Å²) in [4.78, 5) is 15.5. The molecule has 0 amide bonds. The third kappa shape index (κ3) is 1.35. The van der Waals surface area contributed by atoms with E-state index in [9.17, 15) is 4.79 Å². The first-order valence-corrected chi connectivity index (χ1v) is 4.33. The molecule has 14 heavy (non-hydrogen) atoms. The van der Waals surface area contributed by atoms with Gasteiger partial charge in [-0.25, -0.2) is 14.3 Å². The van der Waals surface area contributed by atoms with E-state index in [1.807, 2.05) is 0 Å². The summed E-state index contributed by atoms with van der Waals surface area (Å²) in [6.45, 7) is 2.13. The monoisotopic (exact) mass is 189 g/mol. The average molecular weight is 189 g/mol. The molecule has 1 aromatic heterocycles. The number of carbonyl (C=O) groups excluding carboxylic acids is 1. The minimum atomic E-state index is -0.402. The van der Waals surface area contributed by atoms with Gasteiger partial charge in [0.25, 0.3) is 0 Å². The maximum Gasteiger partial charge on any atom is 0.419 e. The van der Waals surface area contributed by atoms with Crippen LogP contribution in [0.4, 0.5) is 4.79 Å². The molecule has 0 saturated heterocycles. The van der Waals surface area contributed by atoms with E-state index in [1.54, 1.807) is 25.1 Å². The smallest absolute Gasteiger partial charge is 0.419 e. The summed E-state index contributed by atoms with van der Waals surface area (Å²) in [6, 6.07) is 8.13. The van der Waals surface area contributed by atoms with Crippen LogP contribution in [0.25, 0.3) is 11.0 Å². The van der Waals surface area contributed by atoms with Crippen molar-refractivity contribution < 1.29 is 9.53 Å². The van der Waals surface area contributed by atoms with Crippen molar-refractivity contribution in [2.24, 2.45) is 0 Å². The highest BCUT2D eigenvalue weighted by atomic mass is 16.5. The van der Waals surface area contributed by atoms with Gasteiger partial charge in [-0.1, -0.05) is 6.07 Å². The van der Waals surface area contributed by atoms with Crippen LogP contribution in [0, 0.1) is 6.07 Å². The van der Waals surface area contributed by atoms with Crippen LogP contribution in [-0.2, 0) is 4.74 Å². The molecule has 0 aliphatic rings. The number of aromatic nitrogens is 2. The molecule has 0 atom stereocenters. The van der Waals surface area contributed by atoms with Gasteiger partial charge in [-0.15, -0.1) is 0 Å². The van der Waals surface area contributed by atoms with Gasteiger partial charge in [0.1, 0.15) is 6.33 Å². The van der Waals surface area contributed by atoms with Crippen LogP contribution in [-0.4, -0.2) is 22.3 Å². The van der Waals surface area contributed by atoms with E-state index in [4.69, 9.17) is 4.74 Å². The van der Waals surface area contributed by atoms with E-state index < -0.39 is 6.09 Å². The van der Waals surface area contributed by atoms with E-state index >= 15 is 0 Å². The van der Waals surface area contributed by atoms with Gasteiger partial charge < -0.3 is 4.74 Å². The number of ether oxygens (including phenoxy) is 1. The number of fused-ring (bicyclic) bond motifs is 1. The minimum absolute atomic E-state index is 0.359. The third-order valence-corrected chi connectivity index (χ3v) is 1.86. The van der Waals surface area contributed by atoms with Crippen LogP contribution in [0.2, 0.25) is 0 Å². The Morgan fingerprint density at radius 2 is 2.57 bits per heavy atom. The second-order valence-corrected chi connectivity index (χ2v) is 2.73. The number of carbonyl (C=O) groups is 1. The Bertz CT molecular complexity index is 462. The molecule has 0 unspecified atom stereocenters. The largest absolute Gasteiger partial charge is 0.449 e. The van der Waals surface area contributed by atoms with E-state index in [0.717, 1.165) is 11.0 Å². The lowest BCUT2D eigenvalue weighted by atomic mass is 10.3. The minimum Gasteiger partial charge on any atom is -0.449 e. The van der Waals surface area contributed by atoms with Crippen molar-refractivity contribution in [2.45, 2.75) is 6.92 Å². The van der Waals surface area contributed by atoms with Gasteiger partial charge in [0, 0.05) is 0 Å². The van der Waals surface area contributed by atoms with Crippen molar-refractivity contribution in [1.29, 1.82) is 0 Å². The quantitative estimate of drug-likeness (QED) is 0.687. The molecule has 1 heterocycles. The highest BCUT2D eigenvalue weighted by Gasteiger charge is 2.09. The number of hydrogen-bond acceptors (Lipinski definition) is 3. The Morgan fingerprint density at radius 3 is 3.36 bits per heavy atom. The molecule has 71 valence electrons. The van der Waals surface area contributed by atoms with Crippen LogP contribution in [0.3, 0.4) is 0 Å². The average Bonchev–Trinajstić information content (AvgIpc) is 2.61. The molecule has 0 aliphatic carbocycles. The van der Waals surface area contributed by atoms with E-state index in [0.29, 0.717) is 6.61 Å². The van der Waals surface area contributed by atoms with Crippen molar-refractivity contribution in [2.75, 3.05) is 6.61 Å². The fourth-order valence-corrected chi connectivity index (χ4v) is 1.24. The number of nitrogens with zero attached hydrogens (tertiary/aromatic N) is 2. The number of benzene rings is 1. The molecule has 0 spiro atoms. The highest BCUT2D eigenvalue weighted by Crippen LogP contribution is 2.11. The van der Waals surface area contributed by atoms with Gasteiger partial charge in [0.05, 0.1) is 17.6 Å². The molecule has 1 radical (unpaired) electrons. The standard InChI is InChI=1S/C10H9N2O2/c1-2-14-10(13)12-7-11-8-5-3-4-6-9(8)12/h4-7H,2H2,1H3. The second-order valence-electron chi connectivity index (χ2n) is 2.73. The van der Waals surface area contributed by atoms with Crippen LogP contribution >= 0.6 is 0 Å². The Labute approximate surface area is 81.1 Å². The fraction of sp³-hybridized carbons (Fsp3) is 0.200. The Morgan fingerprint density at radius 1 is 1.71 bits per heavy atom. The zero-order valence-electron chi connectivity index (χ0n) is 7.73. The molecule has 0 N–H and O–H groups in total. The predicted octanol–water partition coefficient (Wildman–Crippen LogP) is 1.84. The zero-order chi connectivity index (χ0) is 9.97. The van der Waals surface area contributed by atoms with Crippen molar-refractivity contribution >= 4 is 17.1 Å². The van der Waals surface area contributed by atoms with Crippen molar-refractivity contribution in [3.8, 4) is 0 Å². The zero-order valence-corrected chi connectivity index (χ0v) is 7.73. The summed E-state index contributed by atoms with van der Waals surface area (Å²) in [5.41, 5.74) is 1.47. The molecule has 0 fully saturated rings. The first kappa shape index (κ1) is 8.74. The van der Waals surface area contributed by atoms with Crippen LogP contribution in [0.15, 0.2) is 24.5 Å². The van der Waals surface area contributed by atoms with E-state index in [1.165, 1.54) is 10.9 Å². The first-order chi connectivity index (χ1) is 6.83. The van der Waals surface area contributed by atoms with Gasteiger partial charge >= 0.3 is 6.09 Å². The van der Waals surface area contributed by atoms with Gasteiger partial charge in [-0.3, -0.25) is 0 Å². The molecule has 0 bridgehead atoms. The van der Waals surface area contributed by atoms with Crippen molar-refractivity contribution in [1.82, 2.24) is 9.55 Å². The summed E-state index contributed by atoms with van der Waals surface area (Å²) in [5.74, 6) is 0. The summed E-state index contributed by atoms with van der Waals surface area (Å²) in [6.07, 6.45) is 1.05. The second kappa shape index (κ2) is 3.49. The van der Waals surface area contributed by atoms with Gasteiger partial charge in [0.2, 0.25) is 0 Å². The summed E-state index contributed by atoms with van der Waals surface area (Å²) < 4.78 is 6.25. The molecular formula is C10H9N2O2. The van der Waals surface area contributed by atoms with Crippen molar-refractivity contribution in [3.05, 3.63) is 30.6 Å². The number of imidazole rings is 1. The SMILES string of the molecule is CCOC(=O)n1cnc2c[c]ccc21. The Hall–Kier alpha value is -1.84. The summed E-state index contributed by atoms with van der Waals surface area (Å²) >= 11 is 0. The summed E-state index contributed by atoms with van der Waals surface area (Å²) in [7, 11) is 0. The first-order valence-electron chi connectivity index (χ1n) is 4.33. The summed E-state index contributed by atoms with van der Waals surface area (Å²) in [5, 5.41) is 0. The number of rotatable bonds is 1. The molecule has 0 saturated carbocycles. The Kier molecular flexibility index (Phi) is 2.18. The number of hydrogen-bond donors (Lipinski definition) is 0. The molecule has 0 aliphatic heterocycles. The van der Waals surface area contributed by atoms with Crippen LogP contribution < -0.4 is 0 Å². The lowest BCUT2D eigenvalue weighted by Crippen LogP contribution is -2.11. The molecule has 2 rings (SSSR count). The lowest BCUT2D eigenvalue weighted by molar-refractivity contribution is 0.155. The topological polar surface area (TPSA) is 44.1 Å². The van der Waals surface area contributed by atoms with Gasteiger partial charge in [0.15, 0.2) is 0 Å². The van der Waals surface area contributed by atoms with E-state index in [-0.39, 0.29) is 0 Å². The van der Waals surface area contributed by atoms with E-state index in [2.05, 4.69) is 11.1 Å². The van der Waals surface area contributed by atoms with Crippen LogP contribution in [0.1, 0.15) is 6.92 Å². The van der Waals surface area contributed by atoms with Gasteiger partial charge in [-0.2, -0.15) is 0 Å². The molecule has 4 heteroatoms. The third-order valence-electron chi connectivity index (χ3n) is 1.86. The maximum absolute atomic E-state index is 11.4. The molecule has 1 aromatic carbocycles. The molecular weight excluding hydrogens is 180 g/mol. The van der Waals surface area contributed by atoms with Crippen LogP contribution in [0.5, 0.6) is 0 Å². The van der Waals surface area contributed by atoms with Crippen molar-refractivity contribution in [3.63, 3.8) is 0 Å². The lowest BCUT2D eigenvalue weighted by Gasteiger charge is -2.01. The highest BCUT2D eigenvalue weighted by molar-refractivity contribution is 5.86. The molecule has 2 aromatic rings.